The number of hydrogen-bond acceptors (Lipinski definition) is 8. The minimum Gasteiger partial charge on any atom is -0.492 e. The Labute approximate surface area is 236 Å². The fraction of sp³-hybridized carbons (Fsp3) is 0.633. The van der Waals surface area contributed by atoms with Crippen molar-refractivity contribution >= 4 is 29.6 Å². The zero-order valence-corrected chi connectivity index (χ0v) is 23.7. The van der Waals surface area contributed by atoms with Crippen LogP contribution >= 0.6 is 0 Å². The number of carbonyl (C=O) groups excluding carboxylic acids is 4. The number of benzene rings is 1. The minimum absolute atomic E-state index is 0.0170. The summed E-state index contributed by atoms with van der Waals surface area (Å²) in [7, 11) is 0. The van der Waals surface area contributed by atoms with Crippen molar-refractivity contribution in [1.29, 1.82) is 0 Å². The summed E-state index contributed by atoms with van der Waals surface area (Å²) in [6, 6.07) is 7.76. The second kappa shape index (κ2) is 18.0. The van der Waals surface area contributed by atoms with Gasteiger partial charge in [-0.05, 0) is 44.7 Å². The number of carbonyl (C=O) groups is 5. The normalized spacial score (nSPS) is 21.6. The summed E-state index contributed by atoms with van der Waals surface area (Å²) in [6.45, 7) is 3.20. The van der Waals surface area contributed by atoms with Gasteiger partial charge in [0.25, 0.3) is 0 Å². The number of rotatable bonds is 9. The molecule has 2 rings (SSSR count). The Hall–Kier alpha value is -3.43. The lowest BCUT2D eigenvalue weighted by Crippen LogP contribution is -2.51. The van der Waals surface area contributed by atoms with Gasteiger partial charge in [-0.25, -0.2) is 0 Å². The first-order valence-electron chi connectivity index (χ1n) is 14.3. The van der Waals surface area contributed by atoms with Crippen LogP contribution in [0.5, 0.6) is 5.75 Å². The van der Waals surface area contributed by atoms with Crippen molar-refractivity contribution in [3.8, 4) is 5.75 Å². The third-order valence-corrected chi connectivity index (χ3v) is 6.86. The van der Waals surface area contributed by atoms with E-state index >= 15 is 0 Å². The maximum absolute atomic E-state index is 13.9. The van der Waals surface area contributed by atoms with Crippen molar-refractivity contribution in [1.82, 2.24) is 4.90 Å². The first-order chi connectivity index (χ1) is 19.2. The Bertz CT molecular complexity index is 965. The van der Waals surface area contributed by atoms with Crippen LogP contribution in [0.15, 0.2) is 30.3 Å². The van der Waals surface area contributed by atoms with Gasteiger partial charge in [-0.2, -0.15) is 0 Å². The van der Waals surface area contributed by atoms with E-state index in [1.165, 1.54) is 11.8 Å². The lowest BCUT2D eigenvalue weighted by Gasteiger charge is -2.32. The van der Waals surface area contributed by atoms with E-state index in [1.807, 2.05) is 18.2 Å². The van der Waals surface area contributed by atoms with Gasteiger partial charge >= 0.3 is 17.9 Å². The molecule has 1 N–H and O–H groups in total. The molecule has 1 unspecified atom stereocenters. The van der Waals surface area contributed by atoms with Gasteiger partial charge in [0.1, 0.15) is 18.4 Å². The van der Waals surface area contributed by atoms with E-state index in [0.717, 1.165) is 38.5 Å². The molecule has 1 fully saturated rings. The number of ether oxygens (including phenoxy) is 3. The van der Waals surface area contributed by atoms with E-state index < -0.39 is 54.6 Å². The Kier molecular flexibility index (Phi) is 14.8. The summed E-state index contributed by atoms with van der Waals surface area (Å²) < 4.78 is 16.8. The van der Waals surface area contributed by atoms with Crippen molar-refractivity contribution in [2.75, 3.05) is 13.2 Å². The number of carboxylic acid groups (broad SMARTS) is 1. The summed E-state index contributed by atoms with van der Waals surface area (Å²) in [5, 5.41) is 8.93. The number of ketones is 1. The average molecular weight is 562 g/mol. The number of nitrogens with zero attached hydrogens (tertiary/aromatic N) is 1. The molecule has 222 valence electrons. The fourth-order valence-corrected chi connectivity index (χ4v) is 4.71. The highest BCUT2D eigenvalue weighted by molar-refractivity contribution is 5.95. The molecule has 1 heterocycles. The summed E-state index contributed by atoms with van der Waals surface area (Å²) in [6.07, 6.45) is 4.63. The lowest BCUT2D eigenvalue weighted by molar-refractivity contribution is -0.161. The van der Waals surface area contributed by atoms with Crippen LogP contribution in [-0.4, -0.2) is 71.0 Å². The number of aliphatic carboxylic acids is 1. The van der Waals surface area contributed by atoms with Gasteiger partial charge in [0.05, 0.1) is 31.9 Å². The smallest absolute Gasteiger partial charge is 0.308 e. The molecule has 10 nitrogen and oxygen atoms in total. The van der Waals surface area contributed by atoms with Crippen LogP contribution in [0.2, 0.25) is 0 Å². The van der Waals surface area contributed by atoms with E-state index in [1.54, 1.807) is 19.1 Å². The largest absolute Gasteiger partial charge is 0.492 e. The summed E-state index contributed by atoms with van der Waals surface area (Å²) in [5.41, 5.74) is 0. The van der Waals surface area contributed by atoms with Gasteiger partial charge in [0, 0.05) is 6.92 Å². The molecule has 0 radical (unpaired) electrons. The van der Waals surface area contributed by atoms with Crippen LogP contribution in [-0.2, 0) is 33.4 Å². The molecular formula is C30H43NO9. The zero-order valence-electron chi connectivity index (χ0n) is 23.7. The number of Topliss-reactive ketones (excluding diaryl/α,β-unsaturated/α-hetero) is 1. The Morgan fingerprint density at radius 3 is 2.20 bits per heavy atom. The Balaban J connectivity index is 2.29. The molecule has 1 aliphatic rings. The van der Waals surface area contributed by atoms with Crippen LogP contribution in [0.3, 0.4) is 0 Å². The van der Waals surface area contributed by atoms with Gasteiger partial charge in [0.15, 0.2) is 11.9 Å². The van der Waals surface area contributed by atoms with Crippen molar-refractivity contribution in [2.45, 2.75) is 109 Å². The van der Waals surface area contributed by atoms with Crippen LogP contribution in [0, 0.1) is 0 Å². The SMILES string of the molecule is CC(=O)N(CCOc1ccccc1)C1CC(=O)O[C@H](C)CCCCCCCCC[C@H](OC(=O)CCC(=O)O)C1=O. The number of cyclic esters (lactones) is 1. The predicted octanol–water partition coefficient (Wildman–Crippen LogP) is 4.47. The van der Waals surface area contributed by atoms with Gasteiger partial charge in [-0.3, -0.25) is 24.0 Å². The maximum Gasteiger partial charge on any atom is 0.308 e. The number of carboxylic acids is 1. The monoisotopic (exact) mass is 561 g/mol. The van der Waals surface area contributed by atoms with Crippen LogP contribution in [0.4, 0.5) is 0 Å². The number of hydrogen-bond donors (Lipinski definition) is 1. The number of amides is 1. The summed E-state index contributed by atoms with van der Waals surface area (Å²) in [5.74, 6) is -3.03. The van der Waals surface area contributed by atoms with E-state index in [-0.39, 0.29) is 32.1 Å². The molecular weight excluding hydrogens is 518 g/mol. The van der Waals surface area contributed by atoms with Crippen molar-refractivity contribution in [3.63, 3.8) is 0 Å². The first-order valence-corrected chi connectivity index (χ1v) is 14.3. The quantitative estimate of drug-likeness (QED) is 0.433. The molecule has 10 heteroatoms. The van der Waals surface area contributed by atoms with Gasteiger partial charge in [-0.1, -0.05) is 50.3 Å². The standard InChI is InChI=1S/C30H43NO9/c1-22-13-9-6-4-3-5-7-12-16-26(40-28(35)18-17-27(33)34)30(37)25(21-29(36)39-22)31(23(2)32)19-20-38-24-14-10-8-11-15-24/h8,10-11,14-15,22,25-26H,3-7,9,12-13,16-21H2,1-2H3,(H,33,34)/t22-,25?,26+/m1/s1. The molecule has 1 amide bonds. The molecule has 0 saturated carbocycles. The van der Waals surface area contributed by atoms with E-state index in [0.29, 0.717) is 18.6 Å². The zero-order chi connectivity index (χ0) is 29.3. The third kappa shape index (κ3) is 12.6. The third-order valence-electron chi connectivity index (χ3n) is 6.86. The molecule has 0 bridgehead atoms. The molecule has 40 heavy (non-hydrogen) atoms. The number of para-hydroxylation sites is 1. The molecule has 1 aromatic carbocycles. The highest BCUT2D eigenvalue weighted by Gasteiger charge is 2.37. The van der Waals surface area contributed by atoms with Gasteiger partial charge in [-0.15, -0.1) is 0 Å². The van der Waals surface area contributed by atoms with Crippen molar-refractivity contribution in [2.24, 2.45) is 0 Å². The van der Waals surface area contributed by atoms with Crippen molar-refractivity contribution in [3.05, 3.63) is 30.3 Å². The maximum atomic E-state index is 13.9. The average Bonchev–Trinajstić information content (AvgIpc) is 2.91. The highest BCUT2D eigenvalue weighted by atomic mass is 16.6. The molecule has 1 aromatic rings. The molecule has 0 spiro atoms. The fourth-order valence-electron chi connectivity index (χ4n) is 4.71. The van der Waals surface area contributed by atoms with Crippen LogP contribution < -0.4 is 4.74 Å². The minimum atomic E-state index is -1.23. The topological polar surface area (TPSA) is 137 Å². The second-order valence-corrected chi connectivity index (χ2v) is 10.2. The predicted molar refractivity (Wildman–Crippen MR) is 147 cm³/mol. The van der Waals surface area contributed by atoms with E-state index in [9.17, 15) is 24.0 Å². The Morgan fingerprint density at radius 1 is 0.950 bits per heavy atom. The molecule has 1 saturated heterocycles. The van der Waals surface area contributed by atoms with Crippen molar-refractivity contribution < 1.29 is 43.3 Å². The van der Waals surface area contributed by atoms with Gasteiger partial charge < -0.3 is 24.2 Å². The number of esters is 2. The van der Waals surface area contributed by atoms with Crippen LogP contribution in [0.1, 0.15) is 90.9 Å². The molecule has 0 aromatic heterocycles. The first kappa shape index (κ1) is 32.8. The van der Waals surface area contributed by atoms with Gasteiger partial charge in [0.2, 0.25) is 5.91 Å². The Morgan fingerprint density at radius 2 is 1.57 bits per heavy atom. The molecule has 1 aliphatic heterocycles. The van der Waals surface area contributed by atoms with E-state index in [2.05, 4.69) is 0 Å². The highest BCUT2D eigenvalue weighted by Crippen LogP contribution is 2.20. The lowest BCUT2D eigenvalue weighted by atomic mass is 9.97. The van der Waals surface area contributed by atoms with Crippen LogP contribution in [0.25, 0.3) is 0 Å². The summed E-state index contributed by atoms with van der Waals surface area (Å²) >= 11 is 0. The summed E-state index contributed by atoms with van der Waals surface area (Å²) in [4.78, 5) is 64.2. The molecule has 3 atom stereocenters. The second-order valence-electron chi connectivity index (χ2n) is 10.2. The molecule has 0 aliphatic carbocycles. The van der Waals surface area contributed by atoms with E-state index in [4.69, 9.17) is 19.3 Å².